The van der Waals surface area contributed by atoms with Crippen molar-refractivity contribution in [1.29, 1.82) is 0 Å². The van der Waals surface area contributed by atoms with Gasteiger partial charge in [0.25, 0.3) is 5.91 Å². The largest absolute Gasteiger partial charge is 0.319 e. The number of anilines is 2. The topological polar surface area (TPSA) is 39.1 Å². The summed E-state index contributed by atoms with van der Waals surface area (Å²) in [5, 5.41) is 2.93. The van der Waals surface area contributed by atoms with E-state index in [4.69, 9.17) is 11.6 Å². The van der Waals surface area contributed by atoms with Crippen LogP contribution in [0.5, 0.6) is 0 Å². The van der Waals surface area contributed by atoms with Crippen LogP contribution in [0, 0.1) is 0 Å². The van der Waals surface area contributed by atoms with Gasteiger partial charge in [-0.15, -0.1) is 23.5 Å². The first-order valence-electron chi connectivity index (χ1n) is 11.6. The van der Waals surface area contributed by atoms with Crippen molar-refractivity contribution >= 4 is 71.1 Å². The van der Waals surface area contributed by atoms with Crippen LogP contribution in [0.1, 0.15) is 28.8 Å². The molecule has 2 aliphatic rings. The number of fused-ring (bicyclic) bond motifs is 1. The lowest BCUT2D eigenvalue weighted by atomic mass is 10.1. The van der Waals surface area contributed by atoms with Crippen LogP contribution in [0.2, 0.25) is 0 Å². The molecule has 0 aromatic heterocycles. The number of hydrogen-bond donors (Lipinski definition) is 0. The minimum Gasteiger partial charge on any atom is -0.319 e. The second kappa shape index (κ2) is 12.6. The molecule has 0 unspecified atom stereocenters. The molecule has 0 radical (unpaired) electrons. The Morgan fingerprint density at radius 2 is 2.00 bits per heavy atom. The number of rotatable bonds is 9. The van der Waals surface area contributed by atoms with Gasteiger partial charge in [0.05, 0.1) is 11.3 Å². The van der Waals surface area contributed by atoms with E-state index in [0.717, 1.165) is 48.9 Å². The van der Waals surface area contributed by atoms with Gasteiger partial charge in [-0.1, -0.05) is 35.7 Å². The van der Waals surface area contributed by atoms with Gasteiger partial charge in [0, 0.05) is 60.1 Å². The van der Waals surface area contributed by atoms with Crippen LogP contribution in [0.3, 0.4) is 0 Å². The summed E-state index contributed by atoms with van der Waals surface area (Å²) >= 11 is 11.1. The lowest BCUT2D eigenvalue weighted by Gasteiger charge is -2.31. The highest BCUT2D eigenvalue weighted by Crippen LogP contribution is 2.37. The van der Waals surface area contributed by atoms with Gasteiger partial charge in [-0.05, 0) is 61.9 Å². The lowest BCUT2D eigenvalue weighted by Crippen LogP contribution is -2.34. The summed E-state index contributed by atoms with van der Waals surface area (Å²) in [6.07, 6.45) is 5.26. The summed E-state index contributed by atoms with van der Waals surface area (Å²) in [5.74, 6) is 1.01. The molecule has 0 N–H and O–H groups in total. The molecule has 1 saturated heterocycles. The van der Waals surface area contributed by atoms with Crippen molar-refractivity contribution in [2.24, 2.45) is 4.99 Å². The summed E-state index contributed by atoms with van der Waals surface area (Å²) in [6.45, 7) is 6.35. The number of thioether (sulfide) groups is 2. The third-order valence-corrected chi connectivity index (χ3v) is 9.70. The van der Waals surface area contributed by atoms with Crippen LogP contribution in [0.15, 0.2) is 62.9 Å². The maximum atomic E-state index is 13.5. The molecule has 1 amide bonds. The van der Waals surface area contributed by atoms with Gasteiger partial charge >= 0.3 is 0 Å². The second-order valence-electron chi connectivity index (χ2n) is 8.52. The maximum Gasteiger partial charge on any atom is 0.260 e. The number of halogens is 1. The van der Waals surface area contributed by atoms with Crippen molar-refractivity contribution in [2.75, 3.05) is 48.0 Å². The zero-order valence-electron chi connectivity index (χ0n) is 20.2. The van der Waals surface area contributed by atoms with Gasteiger partial charge in [-0.25, -0.2) is 0 Å². The Morgan fingerprint density at radius 3 is 2.74 bits per heavy atom. The third-order valence-electron chi connectivity index (χ3n) is 6.37. The monoisotopic (exact) mass is 546 g/mol. The quantitative estimate of drug-likeness (QED) is 0.201. The van der Waals surface area contributed by atoms with Crippen LogP contribution in [0.4, 0.5) is 11.4 Å². The summed E-state index contributed by atoms with van der Waals surface area (Å²) < 4.78 is 2.04. The molecule has 9 heteroatoms. The van der Waals surface area contributed by atoms with Gasteiger partial charge in [-0.3, -0.25) is 14.7 Å². The lowest BCUT2D eigenvalue weighted by molar-refractivity contribution is 0.0990. The van der Waals surface area contributed by atoms with Crippen molar-refractivity contribution < 1.29 is 4.79 Å². The Bertz CT molecular complexity index is 1090. The summed E-state index contributed by atoms with van der Waals surface area (Å²) in [6, 6.07) is 14.5. The molecule has 2 aliphatic heterocycles. The van der Waals surface area contributed by atoms with Crippen LogP contribution >= 0.6 is 47.1 Å². The number of piperidine rings is 1. The van der Waals surface area contributed by atoms with Crippen molar-refractivity contribution in [3.63, 3.8) is 0 Å². The number of amides is 1. The average Bonchev–Trinajstić information content (AvgIpc) is 3.32. The minimum absolute atomic E-state index is 0.0749. The fourth-order valence-corrected chi connectivity index (χ4v) is 6.92. The third kappa shape index (κ3) is 6.60. The van der Waals surface area contributed by atoms with Crippen LogP contribution in [0.25, 0.3) is 0 Å². The molecule has 2 aromatic carbocycles. The highest BCUT2D eigenvalue weighted by molar-refractivity contribution is 8.02. The van der Waals surface area contributed by atoms with Crippen molar-refractivity contribution in [3.8, 4) is 0 Å². The van der Waals surface area contributed by atoms with Gasteiger partial charge in [0.2, 0.25) is 0 Å². The van der Waals surface area contributed by atoms with Gasteiger partial charge < -0.3 is 9.21 Å². The number of likely N-dealkylation sites (tertiary alicyclic amines) is 1. The zero-order chi connectivity index (χ0) is 24.8. The Kier molecular flexibility index (Phi) is 9.53. The van der Waals surface area contributed by atoms with E-state index in [1.807, 2.05) is 63.9 Å². The Balaban J connectivity index is 1.36. The molecule has 2 aromatic rings. The van der Waals surface area contributed by atoms with E-state index in [1.54, 1.807) is 23.7 Å². The molecular formula is C26H31ClN4OS3. The SMILES string of the molecule is C=N/C(Cl)=C\SCN1CCC(Sc2ccc3c(c2)CCN3C(=O)c2ccccc2N(C)SC)CC1. The zero-order valence-corrected chi connectivity index (χ0v) is 23.4. The number of nitrogens with zero attached hydrogens (tertiary/aromatic N) is 4. The summed E-state index contributed by atoms with van der Waals surface area (Å²) in [5.41, 5.74) is 4.02. The highest BCUT2D eigenvalue weighted by atomic mass is 35.5. The predicted octanol–water partition coefficient (Wildman–Crippen LogP) is 6.59. The molecule has 0 spiro atoms. The molecule has 0 saturated carbocycles. The van der Waals surface area contributed by atoms with Crippen molar-refractivity contribution in [3.05, 3.63) is 64.2 Å². The van der Waals surface area contributed by atoms with Crippen LogP contribution in [-0.2, 0) is 6.42 Å². The molecule has 5 nitrogen and oxygen atoms in total. The molecule has 0 bridgehead atoms. The molecular weight excluding hydrogens is 516 g/mol. The van der Waals surface area contributed by atoms with Crippen molar-refractivity contribution in [2.45, 2.75) is 29.4 Å². The smallest absolute Gasteiger partial charge is 0.260 e. The maximum absolute atomic E-state index is 13.5. The van der Waals surface area contributed by atoms with Gasteiger partial charge in [-0.2, -0.15) is 0 Å². The average molecular weight is 547 g/mol. The first-order valence-corrected chi connectivity index (χ1v) is 15.1. The van der Waals surface area contributed by atoms with Gasteiger partial charge in [0.1, 0.15) is 5.16 Å². The number of carbonyl (C=O) groups excluding carboxylic acids is 1. The fraction of sp³-hybridized carbons (Fsp3) is 0.385. The van der Waals surface area contributed by atoms with E-state index >= 15 is 0 Å². The number of carbonyl (C=O) groups is 1. The predicted molar refractivity (Wildman–Crippen MR) is 157 cm³/mol. The molecule has 186 valence electrons. The Morgan fingerprint density at radius 1 is 1.23 bits per heavy atom. The van der Waals surface area contributed by atoms with Gasteiger partial charge in [0.15, 0.2) is 0 Å². The number of hydrogen-bond acceptors (Lipinski definition) is 7. The summed E-state index contributed by atoms with van der Waals surface area (Å²) in [7, 11) is 1.99. The second-order valence-corrected chi connectivity index (χ2v) is 12.0. The number of para-hydroxylation sites is 1. The van der Waals surface area contributed by atoms with Crippen molar-refractivity contribution in [1.82, 2.24) is 4.90 Å². The fourth-order valence-electron chi connectivity index (χ4n) is 4.43. The standard InChI is InChI=1S/C26H31ClN4OS3/c1-28-25(27)17-34-18-30-13-11-20(12-14-30)35-21-8-9-23-19(16-21)10-15-31(23)26(32)22-6-4-5-7-24(22)29(2)33-3/h4-9,16-17,20H,1,10-15,18H2,2-3H3/b25-17-. The van der Waals surface area contributed by atoms with Crippen LogP contribution < -0.4 is 9.21 Å². The Labute approximate surface area is 226 Å². The molecule has 0 atom stereocenters. The molecule has 0 aliphatic carbocycles. The number of benzene rings is 2. The molecule has 1 fully saturated rings. The van der Waals surface area contributed by atoms with E-state index < -0.39 is 0 Å². The number of aliphatic imine (C=N–C) groups is 1. The molecule has 4 rings (SSSR count). The molecule has 2 heterocycles. The molecule has 35 heavy (non-hydrogen) atoms. The van der Waals surface area contributed by atoms with E-state index in [9.17, 15) is 4.79 Å². The first-order chi connectivity index (χ1) is 17.0. The van der Waals surface area contributed by atoms with Crippen LogP contribution in [-0.4, -0.2) is 61.6 Å². The van der Waals surface area contributed by atoms with E-state index in [-0.39, 0.29) is 5.91 Å². The highest BCUT2D eigenvalue weighted by Gasteiger charge is 2.28. The van der Waals surface area contributed by atoms with E-state index in [1.165, 1.54) is 23.3 Å². The normalized spacial score (nSPS) is 16.9. The minimum atomic E-state index is 0.0749. The van der Waals surface area contributed by atoms with E-state index in [2.05, 4.69) is 34.8 Å². The van der Waals surface area contributed by atoms with E-state index in [0.29, 0.717) is 10.4 Å². The Hall–Kier alpha value is -1.58. The summed E-state index contributed by atoms with van der Waals surface area (Å²) in [4.78, 5) is 22.9. The first kappa shape index (κ1) is 26.5.